The van der Waals surface area contributed by atoms with Gasteiger partial charge in [-0.1, -0.05) is 19.3 Å². The number of rotatable bonds is 4. The van der Waals surface area contributed by atoms with Gasteiger partial charge in [-0.3, -0.25) is 0 Å². The van der Waals surface area contributed by atoms with Crippen molar-refractivity contribution in [2.24, 2.45) is 0 Å². The van der Waals surface area contributed by atoms with Gasteiger partial charge in [0.25, 0.3) is 0 Å². The minimum atomic E-state index is -4.80. The van der Waals surface area contributed by atoms with Crippen LogP contribution in [0.2, 0.25) is 0 Å². The predicted molar refractivity (Wildman–Crippen MR) is 78.7 cm³/mol. The van der Waals surface area contributed by atoms with Crippen molar-refractivity contribution in [3.63, 3.8) is 0 Å². The van der Waals surface area contributed by atoms with Crippen LogP contribution in [-0.2, 0) is 0 Å². The van der Waals surface area contributed by atoms with Gasteiger partial charge < -0.3 is 20.1 Å². The first kappa shape index (κ1) is 17.2. The van der Waals surface area contributed by atoms with E-state index in [9.17, 15) is 18.0 Å². The van der Waals surface area contributed by atoms with E-state index in [1.807, 2.05) is 0 Å². The normalized spacial score (nSPS) is 15.8. The summed E-state index contributed by atoms with van der Waals surface area (Å²) in [6, 6.07) is 3.12. The van der Waals surface area contributed by atoms with Gasteiger partial charge in [0.15, 0.2) is 0 Å². The van der Waals surface area contributed by atoms with Crippen LogP contribution in [0.5, 0.6) is 11.5 Å². The number of urea groups is 1. The van der Waals surface area contributed by atoms with Crippen molar-refractivity contribution in [2.45, 2.75) is 44.5 Å². The first-order chi connectivity index (χ1) is 10.9. The second-order valence-corrected chi connectivity index (χ2v) is 5.34. The number of benzene rings is 1. The van der Waals surface area contributed by atoms with Crippen molar-refractivity contribution >= 4 is 11.7 Å². The van der Waals surface area contributed by atoms with Gasteiger partial charge in [-0.25, -0.2) is 4.79 Å². The zero-order valence-corrected chi connectivity index (χ0v) is 12.7. The molecule has 23 heavy (non-hydrogen) atoms. The van der Waals surface area contributed by atoms with Gasteiger partial charge in [0, 0.05) is 12.1 Å². The summed E-state index contributed by atoms with van der Waals surface area (Å²) < 4.78 is 45.7. The average Bonchev–Trinajstić information content (AvgIpc) is 2.47. The van der Waals surface area contributed by atoms with Crippen LogP contribution >= 0.6 is 0 Å². The molecule has 2 N–H and O–H groups in total. The van der Waals surface area contributed by atoms with E-state index in [0.29, 0.717) is 0 Å². The minimum Gasteiger partial charge on any atom is -0.495 e. The van der Waals surface area contributed by atoms with E-state index < -0.39 is 18.1 Å². The number of hydrogen-bond acceptors (Lipinski definition) is 3. The average molecular weight is 332 g/mol. The molecule has 2 rings (SSSR count). The molecule has 1 aromatic rings. The van der Waals surface area contributed by atoms with E-state index >= 15 is 0 Å². The van der Waals surface area contributed by atoms with Crippen molar-refractivity contribution in [2.75, 3.05) is 12.4 Å². The summed E-state index contributed by atoms with van der Waals surface area (Å²) in [6.45, 7) is 0. The van der Waals surface area contributed by atoms with Gasteiger partial charge >= 0.3 is 12.4 Å². The molecule has 5 nitrogen and oxygen atoms in total. The summed E-state index contributed by atoms with van der Waals surface area (Å²) in [5.41, 5.74) is 0.113. The number of halogens is 3. The van der Waals surface area contributed by atoms with Crippen LogP contribution in [0.15, 0.2) is 18.2 Å². The highest BCUT2D eigenvalue weighted by Gasteiger charge is 2.31. The molecule has 8 heteroatoms. The maximum atomic E-state index is 12.3. The summed E-state index contributed by atoms with van der Waals surface area (Å²) in [5, 5.41) is 5.33. The van der Waals surface area contributed by atoms with Crippen LogP contribution in [0, 0.1) is 0 Å². The minimum absolute atomic E-state index is 0.0874. The maximum Gasteiger partial charge on any atom is 0.573 e. The highest BCUT2D eigenvalue weighted by molar-refractivity contribution is 5.91. The lowest BCUT2D eigenvalue weighted by Gasteiger charge is -2.23. The lowest BCUT2D eigenvalue weighted by atomic mass is 9.96. The van der Waals surface area contributed by atoms with Gasteiger partial charge in [-0.2, -0.15) is 0 Å². The molecule has 0 spiro atoms. The lowest BCUT2D eigenvalue weighted by Crippen LogP contribution is -2.39. The Morgan fingerprint density at radius 2 is 1.91 bits per heavy atom. The lowest BCUT2D eigenvalue weighted by molar-refractivity contribution is -0.274. The molecule has 0 unspecified atom stereocenters. The fourth-order valence-electron chi connectivity index (χ4n) is 2.57. The van der Waals surface area contributed by atoms with Crippen LogP contribution < -0.4 is 20.1 Å². The van der Waals surface area contributed by atoms with Crippen LogP contribution in [0.1, 0.15) is 32.1 Å². The number of carbonyl (C=O) groups is 1. The third-order valence-corrected chi connectivity index (χ3v) is 3.59. The Kier molecular flexibility index (Phi) is 5.57. The quantitative estimate of drug-likeness (QED) is 0.874. The molecule has 0 bridgehead atoms. The first-order valence-corrected chi connectivity index (χ1v) is 7.38. The fraction of sp³-hybridized carbons (Fsp3) is 0.533. The SMILES string of the molecule is COc1ccc(OC(F)(F)F)cc1NC(=O)NC1CCCCC1. The predicted octanol–water partition coefficient (Wildman–Crippen LogP) is 4.05. The summed E-state index contributed by atoms with van der Waals surface area (Å²) in [4.78, 5) is 12.0. The van der Waals surface area contributed by atoms with Gasteiger partial charge in [-0.15, -0.1) is 13.2 Å². The molecule has 1 aliphatic rings. The standard InChI is InChI=1S/C15H19F3N2O3/c1-22-13-8-7-11(23-15(16,17)18)9-12(13)20-14(21)19-10-5-3-2-4-6-10/h7-10H,2-6H2,1H3,(H2,19,20,21). The van der Waals surface area contributed by atoms with Crippen molar-refractivity contribution < 1.29 is 27.4 Å². The maximum absolute atomic E-state index is 12.3. The molecule has 2 amide bonds. The Labute approximate surface area is 132 Å². The van der Waals surface area contributed by atoms with Crippen LogP contribution in [-0.4, -0.2) is 25.5 Å². The van der Waals surface area contributed by atoms with Gasteiger partial charge in [-0.05, 0) is 25.0 Å². The molecular formula is C15H19F3N2O3. The Balaban J connectivity index is 2.04. The molecule has 128 valence electrons. The second kappa shape index (κ2) is 7.43. The molecule has 0 atom stereocenters. The molecule has 0 saturated heterocycles. The molecule has 0 aliphatic heterocycles. The van der Waals surface area contributed by atoms with Crippen molar-refractivity contribution in [3.8, 4) is 11.5 Å². The van der Waals surface area contributed by atoms with E-state index in [2.05, 4.69) is 15.4 Å². The number of alkyl halides is 3. The Morgan fingerprint density at radius 1 is 1.22 bits per heavy atom. The highest BCUT2D eigenvalue weighted by Crippen LogP contribution is 2.32. The smallest absolute Gasteiger partial charge is 0.495 e. The molecular weight excluding hydrogens is 313 g/mol. The second-order valence-electron chi connectivity index (χ2n) is 5.34. The monoisotopic (exact) mass is 332 g/mol. The summed E-state index contributed by atoms with van der Waals surface area (Å²) in [7, 11) is 1.36. The number of nitrogens with one attached hydrogen (secondary N) is 2. The number of carbonyl (C=O) groups excluding carboxylic acids is 1. The van der Waals surface area contributed by atoms with Crippen molar-refractivity contribution in [3.05, 3.63) is 18.2 Å². The first-order valence-electron chi connectivity index (χ1n) is 7.38. The fourth-order valence-corrected chi connectivity index (χ4v) is 2.57. The molecule has 1 saturated carbocycles. The zero-order valence-electron chi connectivity index (χ0n) is 12.7. The zero-order chi connectivity index (χ0) is 16.9. The molecule has 0 radical (unpaired) electrons. The summed E-state index contributed by atoms with van der Waals surface area (Å²) in [6.07, 6.45) is 0.288. The number of amides is 2. The van der Waals surface area contributed by atoms with Crippen molar-refractivity contribution in [1.29, 1.82) is 0 Å². The van der Waals surface area contributed by atoms with Crippen LogP contribution in [0.25, 0.3) is 0 Å². The molecule has 1 fully saturated rings. The van der Waals surface area contributed by atoms with Crippen LogP contribution in [0.3, 0.4) is 0 Å². The van der Waals surface area contributed by atoms with Gasteiger partial charge in [0.05, 0.1) is 12.8 Å². The number of hydrogen-bond donors (Lipinski definition) is 2. The van der Waals surface area contributed by atoms with E-state index in [-0.39, 0.29) is 17.5 Å². The van der Waals surface area contributed by atoms with E-state index in [1.54, 1.807) is 0 Å². The van der Waals surface area contributed by atoms with Crippen molar-refractivity contribution in [1.82, 2.24) is 5.32 Å². The molecule has 0 heterocycles. The van der Waals surface area contributed by atoms with E-state index in [1.165, 1.54) is 13.2 Å². The number of anilines is 1. The van der Waals surface area contributed by atoms with Gasteiger partial charge in [0.2, 0.25) is 0 Å². The topological polar surface area (TPSA) is 59.6 Å². The number of methoxy groups -OCH3 is 1. The summed E-state index contributed by atoms with van der Waals surface area (Å²) in [5.74, 6) is -0.176. The highest BCUT2D eigenvalue weighted by atomic mass is 19.4. The van der Waals surface area contributed by atoms with Crippen LogP contribution in [0.4, 0.5) is 23.7 Å². The van der Waals surface area contributed by atoms with Gasteiger partial charge in [0.1, 0.15) is 11.5 Å². The molecule has 0 aromatic heterocycles. The number of ether oxygens (including phenoxy) is 2. The Hall–Kier alpha value is -2.12. The van der Waals surface area contributed by atoms with E-state index in [4.69, 9.17) is 4.74 Å². The molecule has 1 aromatic carbocycles. The summed E-state index contributed by atoms with van der Waals surface area (Å²) >= 11 is 0. The Bertz CT molecular complexity index is 543. The van der Waals surface area contributed by atoms with E-state index in [0.717, 1.165) is 44.2 Å². The third kappa shape index (κ3) is 5.54. The third-order valence-electron chi connectivity index (χ3n) is 3.59. The molecule has 1 aliphatic carbocycles. The Morgan fingerprint density at radius 3 is 2.52 bits per heavy atom. The largest absolute Gasteiger partial charge is 0.573 e.